The number of carbonyl (C=O) groups excluding carboxylic acids is 3. The van der Waals surface area contributed by atoms with E-state index in [9.17, 15) is 19.2 Å². The van der Waals surface area contributed by atoms with E-state index in [4.69, 9.17) is 9.72 Å². The van der Waals surface area contributed by atoms with Crippen LogP contribution in [0.1, 0.15) is 85.3 Å². The van der Waals surface area contributed by atoms with Crippen molar-refractivity contribution in [3.05, 3.63) is 75.8 Å². The Labute approximate surface area is 296 Å². The number of piperazine rings is 1. The first-order chi connectivity index (χ1) is 24.7. The van der Waals surface area contributed by atoms with E-state index < -0.39 is 0 Å². The molecular formula is C38H44N8O5. The Hall–Kier alpha value is -5.17. The number of carbonyl (C=O) groups is 3. The smallest absolute Gasteiger partial charge is 0.263 e. The van der Waals surface area contributed by atoms with Gasteiger partial charge in [0.25, 0.3) is 5.56 Å². The van der Waals surface area contributed by atoms with Crippen LogP contribution in [0.3, 0.4) is 0 Å². The summed E-state index contributed by atoms with van der Waals surface area (Å²) in [4.78, 5) is 68.1. The molecule has 0 radical (unpaired) electrons. The van der Waals surface area contributed by atoms with Crippen molar-refractivity contribution >= 4 is 46.1 Å². The molecule has 13 nitrogen and oxygen atoms in total. The summed E-state index contributed by atoms with van der Waals surface area (Å²) in [5, 5.41) is 6.30. The zero-order chi connectivity index (χ0) is 35.5. The fourth-order valence-electron chi connectivity index (χ4n) is 7.60. The molecule has 1 aliphatic carbocycles. The van der Waals surface area contributed by atoms with Gasteiger partial charge in [0.2, 0.25) is 17.8 Å². The third-order valence-electron chi connectivity index (χ3n) is 10.4. The molecule has 1 aromatic carbocycles. The number of aromatic nitrogens is 4. The van der Waals surface area contributed by atoms with E-state index in [1.165, 1.54) is 6.92 Å². The fourth-order valence-corrected chi connectivity index (χ4v) is 7.60. The summed E-state index contributed by atoms with van der Waals surface area (Å²) in [6.07, 6.45) is 9.03. The molecule has 3 fully saturated rings. The molecule has 2 saturated heterocycles. The Bertz CT molecular complexity index is 1980. The van der Waals surface area contributed by atoms with Crippen molar-refractivity contribution in [1.29, 1.82) is 0 Å². The minimum atomic E-state index is -0.276. The van der Waals surface area contributed by atoms with E-state index in [1.807, 2.05) is 24.3 Å². The number of nitrogens with one attached hydrogen (secondary N) is 2. The number of ether oxygens (including phenoxy) is 1. The summed E-state index contributed by atoms with van der Waals surface area (Å²) < 4.78 is 7.69. The van der Waals surface area contributed by atoms with Crippen molar-refractivity contribution in [2.75, 3.05) is 49.5 Å². The topological polar surface area (TPSA) is 152 Å². The van der Waals surface area contributed by atoms with Crippen LogP contribution in [0.2, 0.25) is 0 Å². The molecule has 5 heterocycles. The van der Waals surface area contributed by atoms with Crippen LogP contribution in [0, 0.1) is 6.92 Å². The molecule has 3 aliphatic rings. The maximum absolute atomic E-state index is 13.5. The number of fused-ring (bicyclic) bond motifs is 1. The number of aryl methyl sites for hydroxylation is 1. The molecule has 2 aliphatic heterocycles. The summed E-state index contributed by atoms with van der Waals surface area (Å²) in [6, 6.07) is 11.9. The van der Waals surface area contributed by atoms with Gasteiger partial charge in [-0.2, -0.15) is 4.98 Å². The first-order valence-corrected chi connectivity index (χ1v) is 17.9. The van der Waals surface area contributed by atoms with Gasteiger partial charge in [-0.15, -0.1) is 0 Å². The zero-order valence-electron chi connectivity index (χ0n) is 29.2. The molecule has 13 heteroatoms. The average molecular weight is 693 g/mol. The third kappa shape index (κ3) is 7.48. The zero-order valence-corrected chi connectivity index (χ0v) is 29.2. The number of nitrogens with zero attached hydrogens (tertiary/aromatic N) is 6. The van der Waals surface area contributed by atoms with Crippen LogP contribution in [0.4, 0.5) is 17.5 Å². The number of amides is 2. The Morgan fingerprint density at radius 3 is 2.41 bits per heavy atom. The van der Waals surface area contributed by atoms with Gasteiger partial charge in [0.1, 0.15) is 17.2 Å². The number of imide groups is 1. The number of rotatable bonds is 11. The van der Waals surface area contributed by atoms with Crippen molar-refractivity contribution < 1.29 is 19.1 Å². The van der Waals surface area contributed by atoms with Crippen molar-refractivity contribution in [2.24, 2.45) is 0 Å². The summed E-state index contributed by atoms with van der Waals surface area (Å²) in [7, 11) is 0. The number of hydrogen-bond acceptors (Lipinski definition) is 11. The fraction of sp³-hybridized carbons (Fsp3) is 0.447. The SMILES string of the molecule is CC(=O)c1c(C)c2cnc(Nc3ccc(OCCCN4CCN(c5ccc(C6CCC(=O)NC6=O)cc5)CC4)cn3)nc2n(C2CCCC2)c1=O. The molecule has 1 saturated carbocycles. The molecule has 3 aromatic heterocycles. The summed E-state index contributed by atoms with van der Waals surface area (Å²) in [5.41, 5.74) is 3.19. The summed E-state index contributed by atoms with van der Waals surface area (Å²) in [6.45, 7) is 8.50. The molecule has 266 valence electrons. The maximum atomic E-state index is 13.5. The van der Waals surface area contributed by atoms with Crippen molar-refractivity contribution in [3.8, 4) is 5.75 Å². The number of Topliss-reactive ketones (excluding diaryl/α,β-unsaturated/α-hetero) is 1. The second kappa shape index (κ2) is 15.0. The van der Waals surface area contributed by atoms with Crippen LogP contribution in [0.5, 0.6) is 5.75 Å². The molecule has 1 unspecified atom stereocenters. The first-order valence-electron chi connectivity index (χ1n) is 17.9. The molecule has 2 N–H and O–H groups in total. The minimum absolute atomic E-state index is 0.0127. The van der Waals surface area contributed by atoms with Gasteiger partial charge in [-0.3, -0.25) is 34.0 Å². The molecule has 0 bridgehead atoms. The van der Waals surface area contributed by atoms with E-state index in [-0.39, 0.29) is 40.7 Å². The van der Waals surface area contributed by atoms with Crippen LogP contribution in [-0.2, 0) is 9.59 Å². The number of pyridine rings is 2. The lowest BCUT2D eigenvalue weighted by Crippen LogP contribution is -2.46. The number of benzene rings is 1. The van der Waals surface area contributed by atoms with E-state index in [2.05, 4.69) is 42.5 Å². The second-order valence-corrected chi connectivity index (χ2v) is 13.7. The summed E-state index contributed by atoms with van der Waals surface area (Å²) in [5.74, 6) is 0.655. The Morgan fingerprint density at radius 1 is 0.961 bits per heavy atom. The quantitative estimate of drug-likeness (QED) is 0.128. The Kier molecular flexibility index (Phi) is 10.1. The highest BCUT2D eigenvalue weighted by Gasteiger charge is 2.29. The van der Waals surface area contributed by atoms with Crippen molar-refractivity contribution in [3.63, 3.8) is 0 Å². The van der Waals surface area contributed by atoms with Crippen LogP contribution < -0.4 is 25.8 Å². The van der Waals surface area contributed by atoms with Crippen LogP contribution in [0.15, 0.2) is 53.6 Å². The second-order valence-electron chi connectivity index (χ2n) is 13.7. The summed E-state index contributed by atoms with van der Waals surface area (Å²) >= 11 is 0. The highest BCUT2D eigenvalue weighted by molar-refractivity contribution is 6.01. The lowest BCUT2D eigenvalue weighted by Gasteiger charge is -2.36. The minimum Gasteiger partial charge on any atom is -0.492 e. The number of ketones is 1. The standard InChI is InChI=1S/C38H44N8O5/c1-24-31-23-40-38(43-35(31)46(28-6-3-4-7-28)37(50)34(24)25(2)47)41-32-14-12-29(22-39-32)51-21-5-16-44-17-19-45(20-18-44)27-10-8-26(9-11-27)30-13-15-33(48)42-36(30)49/h8-12,14,22-23,28,30H,3-7,13,15-21H2,1-2H3,(H,42,48,49)(H,39,40,41,43). The van der Waals surface area contributed by atoms with Crippen LogP contribution >= 0.6 is 0 Å². The molecule has 51 heavy (non-hydrogen) atoms. The van der Waals surface area contributed by atoms with Gasteiger partial charge >= 0.3 is 0 Å². The Balaban J connectivity index is 0.885. The van der Waals surface area contributed by atoms with Gasteiger partial charge in [-0.25, -0.2) is 9.97 Å². The molecule has 7 rings (SSSR count). The van der Waals surface area contributed by atoms with Gasteiger partial charge in [0.05, 0.1) is 24.3 Å². The van der Waals surface area contributed by atoms with E-state index >= 15 is 0 Å². The largest absolute Gasteiger partial charge is 0.492 e. The third-order valence-corrected chi connectivity index (χ3v) is 10.4. The van der Waals surface area contributed by atoms with Crippen LogP contribution in [-0.4, -0.2) is 81.3 Å². The monoisotopic (exact) mass is 692 g/mol. The van der Waals surface area contributed by atoms with Gasteiger partial charge in [0.15, 0.2) is 5.78 Å². The highest BCUT2D eigenvalue weighted by Crippen LogP contribution is 2.32. The van der Waals surface area contributed by atoms with Gasteiger partial charge in [-0.1, -0.05) is 25.0 Å². The highest BCUT2D eigenvalue weighted by atomic mass is 16.5. The van der Waals surface area contributed by atoms with Crippen molar-refractivity contribution in [2.45, 2.75) is 70.8 Å². The van der Waals surface area contributed by atoms with E-state index in [1.54, 1.807) is 23.9 Å². The normalized spacial score (nSPS) is 18.6. The molecule has 2 amide bonds. The predicted molar refractivity (Wildman–Crippen MR) is 194 cm³/mol. The predicted octanol–water partition coefficient (Wildman–Crippen LogP) is 4.67. The number of anilines is 3. The number of piperidine rings is 1. The first kappa shape index (κ1) is 34.3. The van der Waals surface area contributed by atoms with Gasteiger partial charge in [-0.05, 0) is 74.9 Å². The van der Waals surface area contributed by atoms with E-state index in [0.717, 1.165) is 76.1 Å². The lowest BCUT2D eigenvalue weighted by atomic mass is 9.90. The molecule has 1 atom stereocenters. The van der Waals surface area contributed by atoms with Gasteiger partial charge < -0.3 is 15.0 Å². The Morgan fingerprint density at radius 2 is 1.73 bits per heavy atom. The molecular weight excluding hydrogens is 648 g/mol. The molecule has 4 aromatic rings. The van der Waals surface area contributed by atoms with E-state index in [0.29, 0.717) is 53.6 Å². The van der Waals surface area contributed by atoms with Crippen molar-refractivity contribution in [1.82, 2.24) is 29.7 Å². The lowest BCUT2D eigenvalue weighted by molar-refractivity contribution is -0.134. The average Bonchev–Trinajstić information content (AvgIpc) is 3.66. The maximum Gasteiger partial charge on any atom is 0.263 e. The van der Waals surface area contributed by atoms with Gasteiger partial charge in [0, 0.05) is 62.5 Å². The molecule has 0 spiro atoms. The number of hydrogen-bond donors (Lipinski definition) is 2. The van der Waals surface area contributed by atoms with Crippen LogP contribution in [0.25, 0.3) is 11.0 Å².